The number of carbonyl (C=O) groups is 1. The molecule has 9 nitrogen and oxygen atoms in total. The minimum atomic E-state index is -3.34. The highest BCUT2D eigenvalue weighted by molar-refractivity contribution is 8.24. The molecule has 2 aromatic rings. The molecule has 160 valence electrons. The summed E-state index contributed by atoms with van der Waals surface area (Å²) >= 11 is 0. The fraction of sp³-hybridized carbons (Fsp3) is 0.350. The third-order valence-corrected chi connectivity index (χ3v) is 6.22. The van der Waals surface area contributed by atoms with Crippen LogP contribution >= 0.6 is 11.0 Å². The van der Waals surface area contributed by atoms with E-state index in [9.17, 15) is 13.9 Å². The van der Waals surface area contributed by atoms with Gasteiger partial charge in [0.2, 0.25) is 0 Å². The van der Waals surface area contributed by atoms with Crippen molar-refractivity contribution >= 4 is 28.4 Å². The van der Waals surface area contributed by atoms with Crippen LogP contribution in [0.1, 0.15) is 34.5 Å². The molecule has 1 fully saturated rings. The molecule has 30 heavy (non-hydrogen) atoms. The molecule has 0 aliphatic carbocycles. The minimum absolute atomic E-state index is 0.00632. The molecule has 2 aliphatic rings. The van der Waals surface area contributed by atoms with Gasteiger partial charge >= 0.3 is 0 Å². The summed E-state index contributed by atoms with van der Waals surface area (Å²) in [6.45, 7) is 3.57. The van der Waals surface area contributed by atoms with Gasteiger partial charge in [-0.05, 0) is 55.0 Å². The Morgan fingerprint density at radius 1 is 1.37 bits per heavy atom. The van der Waals surface area contributed by atoms with E-state index in [1.54, 1.807) is 36.5 Å². The Morgan fingerprint density at radius 3 is 3.00 bits per heavy atom. The molecule has 1 saturated heterocycles. The van der Waals surface area contributed by atoms with Gasteiger partial charge in [0.25, 0.3) is 5.91 Å². The van der Waals surface area contributed by atoms with Crippen molar-refractivity contribution in [2.75, 3.05) is 24.4 Å². The molecule has 0 bridgehead atoms. The highest BCUT2D eigenvalue weighted by Gasteiger charge is 2.28. The Labute approximate surface area is 176 Å². The monoisotopic (exact) mass is 431 g/mol. The molecule has 1 atom stereocenters. The van der Waals surface area contributed by atoms with E-state index in [1.807, 2.05) is 11.8 Å². The largest absolute Gasteiger partial charge is 0.492 e. The van der Waals surface area contributed by atoms with Gasteiger partial charge in [0.15, 0.2) is 5.84 Å². The molecule has 0 spiro atoms. The van der Waals surface area contributed by atoms with Crippen molar-refractivity contribution in [1.29, 1.82) is 0 Å². The van der Waals surface area contributed by atoms with E-state index >= 15 is 0 Å². The molecule has 3 heterocycles. The number of likely N-dealkylation sites (tertiary alicyclic amines) is 1. The Hall–Kier alpha value is -2.82. The van der Waals surface area contributed by atoms with Crippen molar-refractivity contribution in [2.45, 2.75) is 19.8 Å². The Balaban J connectivity index is 1.44. The smallest absolute Gasteiger partial charge is 0.255 e. The average molecular weight is 432 g/mol. The molecule has 10 heteroatoms. The molecule has 1 amide bonds. The number of benzene rings is 1. The lowest BCUT2D eigenvalue weighted by molar-refractivity contribution is 0.0632. The van der Waals surface area contributed by atoms with Gasteiger partial charge in [-0.1, -0.05) is 6.07 Å². The summed E-state index contributed by atoms with van der Waals surface area (Å²) in [6, 6.07) is 8.79. The van der Waals surface area contributed by atoms with Crippen LogP contribution in [0.2, 0.25) is 0 Å². The number of nitrogens with two attached hydrogens (primary N) is 1. The quantitative estimate of drug-likeness (QED) is 0.585. The number of nitrogens with zero attached hydrogens (tertiary/aromatic N) is 3. The second-order valence-electron chi connectivity index (χ2n) is 7.48. The second kappa shape index (κ2) is 8.13. The lowest BCUT2D eigenvalue weighted by Crippen LogP contribution is -2.42. The molecular weight excluding hydrogens is 406 g/mol. The summed E-state index contributed by atoms with van der Waals surface area (Å²) in [6.07, 6.45) is 3.54. The van der Waals surface area contributed by atoms with Crippen LogP contribution in [0.5, 0.6) is 5.75 Å². The fourth-order valence-electron chi connectivity index (χ4n) is 3.83. The third kappa shape index (κ3) is 4.20. The van der Waals surface area contributed by atoms with Gasteiger partial charge in [0.05, 0.1) is 23.4 Å². The summed E-state index contributed by atoms with van der Waals surface area (Å²) in [7, 11) is -3.34. The van der Waals surface area contributed by atoms with Crippen LogP contribution in [-0.4, -0.2) is 50.4 Å². The topological polar surface area (TPSA) is 133 Å². The SMILES string of the molecule is Cc1ncccc1C(=O)N1CCCC(COc2cccc3c2C(N)=NS(O)(O)N3)C1. The van der Waals surface area contributed by atoms with Gasteiger partial charge in [-0.15, -0.1) is 4.40 Å². The highest BCUT2D eigenvalue weighted by atomic mass is 32.3. The zero-order valence-electron chi connectivity index (χ0n) is 16.6. The predicted octanol–water partition coefficient (Wildman–Crippen LogP) is 3.03. The number of nitrogens with one attached hydrogen (secondary N) is 1. The van der Waals surface area contributed by atoms with Crippen LogP contribution in [0.4, 0.5) is 5.69 Å². The maximum atomic E-state index is 12.9. The maximum Gasteiger partial charge on any atom is 0.255 e. The lowest BCUT2D eigenvalue weighted by atomic mass is 9.98. The van der Waals surface area contributed by atoms with Gasteiger partial charge in [0.1, 0.15) is 5.75 Å². The van der Waals surface area contributed by atoms with Crippen molar-refractivity contribution in [2.24, 2.45) is 16.0 Å². The van der Waals surface area contributed by atoms with Crippen LogP contribution in [0, 0.1) is 12.8 Å². The first-order chi connectivity index (χ1) is 14.3. The minimum Gasteiger partial charge on any atom is -0.492 e. The van der Waals surface area contributed by atoms with E-state index in [2.05, 4.69) is 14.1 Å². The average Bonchev–Trinajstić information content (AvgIpc) is 2.71. The number of aryl methyl sites for hydroxylation is 1. The van der Waals surface area contributed by atoms with E-state index in [4.69, 9.17) is 10.5 Å². The Morgan fingerprint density at radius 2 is 2.20 bits per heavy atom. The van der Waals surface area contributed by atoms with E-state index in [-0.39, 0.29) is 17.7 Å². The van der Waals surface area contributed by atoms with Gasteiger partial charge in [0, 0.05) is 30.9 Å². The lowest BCUT2D eigenvalue weighted by Gasteiger charge is -2.34. The van der Waals surface area contributed by atoms with Crippen molar-refractivity contribution in [3.63, 3.8) is 0 Å². The fourth-order valence-corrected chi connectivity index (χ4v) is 4.70. The number of carbonyl (C=O) groups excluding carboxylic acids is 1. The third-order valence-electron chi connectivity index (χ3n) is 5.27. The number of pyridine rings is 1. The number of piperidine rings is 1. The molecule has 5 N–H and O–H groups in total. The number of aromatic nitrogens is 1. The summed E-state index contributed by atoms with van der Waals surface area (Å²) in [5.74, 6) is 0.702. The number of anilines is 1. The van der Waals surface area contributed by atoms with E-state index < -0.39 is 11.0 Å². The van der Waals surface area contributed by atoms with Gasteiger partial charge in [-0.25, -0.2) is 0 Å². The van der Waals surface area contributed by atoms with Crippen LogP contribution in [0.15, 0.2) is 40.9 Å². The normalized spacial score (nSPS) is 21.1. The summed E-state index contributed by atoms with van der Waals surface area (Å²) in [5.41, 5.74) is 8.28. The van der Waals surface area contributed by atoms with E-state index in [1.165, 1.54) is 0 Å². The molecule has 4 rings (SSSR count). The summed E-state index contributed by atoms with van der Waals surface area (Å²) in [4.78, 5) is 19.0. The second-order valence-corrected chi connectivity index (χ2v) is 8.91. The zero-order valence-corrected chi connectivity index (χ0v) is 17.4. The van der Waals surface area contributed by atoms with Gasteiger partial charge in [-0.2, -0.15) is 0 Å². The molecule has 0 radical (unpaired) electrons. The van der Waals surface area contributed by atoms with Gasteiger partial charge < -0.3 is 15.4 Å². The molecule has 1 unspecified atom stereocenters. The first kappa shape index (κ1) is 20.5. The molecule has 0 saturated carbocycles. The summed E-state index contributed by atoms with van der Waals surface area (Å²) < 4.78 is 31.9. The van der Waals surface area contributed by atoms with E-state index in [0.29, 0.717) is 42.3 Å². The highest BCUT2D eigenvalue weighted by Crippen LogP contribution is 2.46. The number of amidine groups is 1. The summed E-state index contributed by atoms with van der Waals surface area (Å²) in [5, 5.41) is 0. The van der Waals surface area contributed by atoms with Gasteiger partial charge in [-0.3, -0.25) is 23.6 Å². The molecule has 1 aromatic carbocycles. The Kier molecular flexibility index (Phi) is 5.54. The Bertz CT molecular complexity index is 997. The predicted molar refractivity (Wildman–Crippen MR) is 117 cm³/mol. The number of amides is 1. The van der Waals surface area contributed by atoms with Crippen LogP contribution in [-0.2, 0) is 0 Å². The molecule has 1 aromatic heterocycles. The number of hydrogen-bond donors (Lipinski definition) is 4. The number of fused-ring (bicyclic) bond motifs is 1. The first-order valence-corrected chi connectivity index (χ1v) is 11.2. The zero-order chi connectivity index (χ0) is 21.3. The van der Waals surface area contributed by atoms with Crippen molar-refractivity contribution in [3.05, 3.63) is 53.3 Å². The molecule has 2 aliphatic heterocycles. The molecular formula is C20H25N5O4S. The van der Waals surface area contributed by atoms with Crippen LogP contribution in [0.25, 0.3) is 0 Å². The number of ether oxygens (including phenoxy) is 1. The first-order valence-electron chi connectivity index (χ1n) is 9.72. The standard InChI is InChI=1S/C20H25N5O4S/c1-13-15(6-3-9-22-13)20(26)25-10-4-5-14(11-25)12-29-17-8-2-7-16-18(17)19(21)24-30(27,28)23-16/h2-3,6-9,14,23,27-28H,4-5,10-12H2,1H3,(H2,21,24). The van der Waals surface area contributed by atoms with Crippen molar-refractivity contribution in [3.8, 4) is 5.75 Å². The van der Waals surface area contributed by atoms with E-state index in [0.717, 1.165) is 18.5 Å². The number of rotatable bonds is 4. The van der Waals surface area contributed by atoms with Crippen molar-refractivity contribution < 1.29 is 18.6 Å². The van der Waals surface area contributed by atoms with Crippen LogP contribution < -0.4 is 15.2 Å². The number of hydrogen-bond acceptors (Lipinski definition) is 8. The van der Waals surface area contributed by atoms with Crippen LogP contribution in [0.3, 0.4) is 0 Å². The van der Waals surface area contributed by atoms with Crippen molar-refractivity contribution in [1.82, 2.24) is 9.88 Å². The maximum absolute atomic E-state index is 12.9.